The van der Waals surface area contributed by atoms with E-state index in [1.54, 1.807) is 0 Å². The van der Waals surface area contributed by atoms with Crippen LogP contribution in [-0.2, 0) is 10.9 Å². The standard InChI is InChI=1S/C9H7F3N2O2/c10-9(11,12)6-1-2-13-3-5(6)7-4-16-8(15)14-7/h1-3,7H,4H2,(H,14,15). The number of nitrogens with one attached hydrogen (secondary N) is 1. The number of alkyl carbamates (subject to hydrolysis) is 1. The molecule has 86 valence electrons. The van der Waals surface area contributed by atoms with Gasteiger partial charge in [0.05, 0.1) is 11.6 Å². The number of rotatable bonds is 1. The molecular weight excluding hydrogens is 225 g/mol. The Balaban J connectivity index is 2.37. The van der Waals surface area contributed by atoms with Crippen LogP contribution in [0.25, 0.3) is 0 Å². The number of carbonyl (C=O) groups excluding carboxylic acids is 1. The van der Waals surface area contributed by atoms with E-state index in [-0.39, 0.29) is 12.2 Å². The van der Waals surface area contributed by atoms with E-state index >= 15 is 0 Å². The van der Waals surface area contributed by atoms with Gasteiger partial charge in [-0.3, -0.25) is 4.98 Å². The molecule has 1 aliphatic rings. The van der Waals surface area contributed by atoms with Gasteiger partial charge >= 0.3 is 12.3 Å². The summed E-state index contributed by atoms with van der Waals surface area (Å²) in [6.07, 6.45) is -3.04. The molecule has 0 saturated carbocycles. The van der Waals surface area contributed by atoms with Crippen LogP contribution in [0.3, 0.4) is 0 Å². The Morgan fingerprint density at radius 1 is 1.50 bits per heavy atom. The highest BCUT2D eigenvalue weighted by Crippen LogP contribution is 2.34. The smallest absolute Gasteiger partial charge is 0.416 e. The lowest BCUT2D eigenvalue weighted by atomic mass is 10.0. The maximum atomic E-state index is 12.6. The van der Waals surface area contributed by atoms with Crippen molar-refractivity contribution in [3.63, 3.8) is 0 Å². The second-order valence-corrected chi connectivity index (χ2v) is 3.26. The molecule has 1 aliphatic heterocycles. The zero-order valence-electron chi connectivity index (χ0n) is 7.91. The van der Waals surface area contributed by atoms with Crippen LogP contribution in [0.5, 0.6) is 0 Å². The van der Waals surface area contributed by atoms with Gasteiger partial charge in [-0.2, -0.15) is 13.2 Å². The minimum Gasteiger partial charge on any atom is -0.447 e. The van der Waals surface area contributed by atoms with Crippen molar-refractivity contribution in [2.45, 2.75) is 12.2 Å². The zero-order valence-corrected chi connectivity index (χ0v) is 7.91. The molecule has 7 heteroatoms. The minimum atomic E-state index is -4.47. The lowest BCUT2D eigenvalue weighted by molar-refractivity contribution is -0.138. The largest absolute Gasteiger partial charge is 0.447 e. The van der Waals surface area contributed by atoms with Crippen LogP contribution in [0, 0.1) is 0 Å². The molecular formula is C9H7F3N2O2. The number of cyclic esters (lactones) is 1. The van der Waals surface area contributed by atoms with E-state index in [1.807, 2.05) is 0 Å². The summed E-state index contributed by atoms with van der Waals surface area (Å²) in [6, 6.07) is 0.0811. The summed E-state index contributed by atoms with van der Waals surface area (Å²) in [4.78, 5) is 14.4. The molecule has 0 aliphatic carbocycles. The fraction of sp³-hybridized carbons (Fsp3) is 0.333. The van der Waals surface area contributed by atoms with Crippen molar-refractivity contribution in [1.82, 2.24) is 10.3 Å². The maximum Gasteiger partial charge on any atom is 0.416 e. The lowest BCUT2D eigenvalue weighted by Gasteiger charge is -2.15. The molecule has 0 radical (unpaired) electrons. The Kier molecular flexibility index (Phi) is 2.45. The summed E-state index contributed by atoms with van der Waals surface area (Å²) in [5.74, 6) is 0. The third kappa shape index (κ3) is 1.93. The minimum absolute atomic E-state index is 0.0825. The van der Waals surface area contributed by atoms with E-state index in [4.69, 9.17) is 0 Å². The summed E-state index contributed by atoms with van der Waals surface area (Å²) in [5, 5.41) is 2.28. The van der Waals surface area contributed by atoms with Crippen LogP contribution < -0.4 is 5.32 Å². The second-order valence-electron chi connectivity index (χ2n) is 3.26. The molecule has 2 rings (SSSR count). The van der Waals surface area contributed by atoms with Crippen molar-refractivity contribution in [3.8, 4) is 0 Å². The number of pyridine rings is 1. The average molecular weight is 232 g/mol. The Hall–Kier alpha value is -1.79. The highest BCUT2D eigenvalue weighted by atomic mass is 19.4. The highest BCUT2D eigenvalue weighted by Gasteiger charge is 2.37. The molecule has 16 heavy (non-hydrogen) atoms. The lowest BCUT2D eigenvalue weighted by Crippen LogP contribution is -2.22. The Bertz CT molecular complexity index is 419. The summed E-state index contributed by atoms with van der Waals surface area (Å²) in [7, 11) is 0. The van der Waals surface area contributed by atoms with Gasteiger partial charge in [0, 0.05) is 18.0 Å². The van der Waals surface area contributed by atoms with E-state index < -0.39 is 23.9 Å². The summed E-state index contributed by atoms with van der Waals surface area (Å²) < 4.78 is 42.4. The molecule has 1 aromatic heterocycles. The van der Waals surface area contributed by atoms with Gasteiger partial charge < -0.3 is 10.1 Å². The average Bonchev–Trinajstić information content (AvgIpc) is 2.64. The Morgan fingerprint density at radius 2 is 2.25 bits per heavy atom. The first-order valence-corrected chi connectivity index (χ1v) is 4.43. The van der Waals surface area contributed by atoms with Crippen molar-refractivity contribution in [2.24, 2.45) is 0 Å². The second kappa shape index (κ2) is 3.66. The van der Waals surface area contributed by atoms with E-state index in [9.17, 15) is 18.0 Å². The highest BCUT2D eigenvalue weighted by molar-refractivity contribution is 5.70. The van der Waals surface area contributed by atoms with Crippen molar-refractivity contribution in [3.05, 3.63) is 29.6 Å². The third-order valence-electron chi connectivity index (χ3n) is 2.21. The molecule has 1 atom stereocenters. The number of amides is 1. The van der Waals surface area contributed by atoms with Gasteiger partial charge in [-0.1, -0.05) is 0 Å². The monoisotopic (exact) mass is 232 g/mol. The SMILES string of the molecule is O=C1NC(c2cnccc2C(F)(F)F)CO1. The van der Waals surface area contributed by atoms with Gasteiger partial charge in [0.1, 0.15) is 6.61 Å². The molecule has 1 unspecified atom stereocenters. The predicted molar refractivity (Wildman–Crippen MR) is 46.5 cm³/mol. The van der Waals surface area contributed by atoms with Crippen LogP contribution in [0.1, 0.15) is 17.2 Å². The molecule has 0 aromatic carbocycles. The van der Waals surface area contributed by atoms with E-state index in [2.05, 4.69) is 15.0 Å². The van der Waals surface area contributed by atoms with Crippen molar-refractivity contribution >= 4 is 6.09 Å². The molecule has 1 aromatic rings. The molecule has 1 N–H and O–H groups in total. The van der Waals surface area contributed by atoms with Crippen LogP contribution in [0.15, 0.2) is 18.5 Å². The van der Waals surface area contributed by atoms with Crippen molar-refractivity contribution in [1.29, 1.82) is 0 Å². The quantitative estimate of drug-likeness (QED) is 0.804. The Labute approximate surface area is 88.4 Å². The first-order valence-electron chi connectivity index (χ1n) is 4.43. The first-order chi connectivity index (χ1) is 7.48. The normalized spacial score (nSPS) is 20.4. The molecule has 1 amide bonds. The number of ether oxygens (including phenoxy) is 1. The van der Waals surface area contributed by atoms with E-state index in [0.29, 0.717) is 0 Å². The van der Waals surface area contributed by atoms with Gasteiger partial charge in [0.15, 0.2) is 0 Å². The number of carbonyl (C=O) groups is 1. The van der Waals surface area contributed by atoms with Crippen LogP contribution in [0.4, 0.5) is 18.0 Å². The summed E-state index contributed by atoms with van der Waals surface area (Å²) in [6.45, 7) is -0.117. The summed E-state index contributed by atoms with van der Waals surface area (Å²) >= 11 is 0. The number of hydrogen-bond donors (Lipinski definition) is 1. The fourth-order valence-corrected chi connectivity index (χ4v) is 1.49. The van der Waals surface area contributed by atoms with Gasteiger partial charge in [0.2, 0.25) is 0 Å². The van der Waals surface area contributed by atoms with Crippen molar-refractivity contribution < 1.29 is 22.7 Å². The zero-order chi connectivity index (χ0) is 11.8. The van der Waals surface area contributed by atoms with Crippen LogP contribution in [0.2, 0.25) is 0 Å². The molecule has 0 bridgehead atoms. The van der Waals surface area contributed by atoms with E-state index in [1.165, 1.54) is 0 Å². The topological polar surface area (TPSA) is 51.2 Å². The van der Waals surface area contributed by atoms with E-state index in [0.717, 1.165) is 18.5 Å². The van der Waals surface area contributed by atoms with Crippen molar-refractivity contribution in [2.75, 3.05) is 6.61 Å². The van der Waals surface area contributed by atoms with Gasteiger partial charge in [-0.15, -0.1) is 0 Å². The number of aromatic nitrogens is 1. The van der Waals surface area contributed by atoms with Gasteiger partial charge in [-0.25, -0.2) is 4.79 Å². The molecule has 2 heterocycles. The van der Waals surface area contributed by atoms with Crippen LogP contribution in [-0.4, -0.2) is 17.7 Å². The number of alkyl halides is 3. The fourth-order valence-electron chi connectivity index (χ4n) is 1.49. The summed E-state index contributed by atoms with van der Waals surface area (Å²) in [5.41, 5.74) is -0.890. The molecule has 1 fully saturated rings. The van der Waals surface area contributed by atoms with Gasteiger partial charge in [-0.05, 0) is 6.07 Å². The van der Waals surface area contributed by atoms with Crippen LogP contribution >= 0.6 is 0 Å². The molecule has 4 nitrogen and oxygen atoms in total. The molecule has 0 spiro atoms. The predicted octanol–water partition coefficient (Wildman–Crippen LogP) is 1.88. The first kappa shape index (κ1) is 10.7. The number of hydrogen-bond acceptors (Lipinski definition) is 3. The Morgan fingerprint density at radius 3 is 2.81 bits per heavy atom. The molecule has 1 saturated heterocycles. The number of nitrogens with zero attached hydrogens (tertiary/aromatic N) is 1. The van der Waals surface area contributed by atoms with Gasteiger partial charge in [0.25, 0.3) is 0 Å². The number of halogens is 3. The maximum absolute atomic E-state index is 12.6. The third-order valence-corrected chi connectivity index (χ3v) is 2.21.